The second kappa shape index (κ2) is 5.26. The van der Waals surface area contributed by atoms with E-state index in [-0.39, 0.29) is 17.7 Å². The Kier molecular flexibility index (Phi) is 3.57. The van der Waals surface area contributed by atoms with Crippen molar-refractivity contribution in [2.24, 2.45) is 0 Å². The maximum Gasteiger partial charge on any atom is 0.256 e. The molecular formula is C15H18N2O3S. The van der Waals surface area contributed by atoms with Gasteiger partial charge in [-0.15, -0.1) is 11.3 Å². The number of hydrogen-bond acceptors (Lipinski definition) is 4. The highest BCUT2D eigenvalue weighted by Gasteiger charge is 2.39. The van der Waals surface area contributed by atoms with Gasteiger partial charge in [-0.25, -0.2) is 0 Å². The highest BCUT2D eigenvalue weighted by molar-refractivity contribution is 7.10. The van der Waals surface area contributed by atoms with E-state index in [1.54, 1.807) is 16.2 Å². The van der Waals surface area contributed by atoms with E-state index < -0.39 is 6.04 Å². The van der Waals surface area contributed by atoms with E-state index in [9.17, 15) is 14.4 Å². The van der Waals surface area contributed by atoms with Crippen molar-refractivity contribution >= 4 is 29.1 Å². The van der Waals surface area contributed by atoms with Crippen LogP contribution in [0.4, 0.5) is 0 Å². The van der Waals surface area contributed by atoms with Crippen LogP contribution in [-0.2, 0) is 16.1 Å². The highest BCUT2D eigenvalue weighted by atomic mass is 32.1. The Hall–Kier alpha value is -1.69. The first-order chi connectivity index (χ1) is 9.99. The lowest BCUT2D eigenvalue weighted by molar-refractivity contribution is -0.132. The molecule has 6 heteroatoms. The van der Waals surface area contributed by atoms with Crippen LogP contribution in [0.25, 0.3) is 0 Å². The zero-order chi connectivity index (χ0) is 15.1. The molecule has 0 bridgehead atoms. The molecule has 3 amide bonds. The Bertz CT molecular complexity index is 620. The SMILES string of the molecule is CC(C)c1scc2c1CN([C@H]1CCCC(=O)NC1=O)C2=O. The topological polar surface area (TPSA) is 66.5 Å². The predicted molar refractivity (Wildman–Crippen MR) is 79.1 cm³/mol. The van der Waals surface area contributed by atoms with Crippen molar-refractivity contribution in [2.75, 3.05) is 0 Å². The molecule has 2 aliphatic rings. The number of fused-ring (bicyclic) bond motifs is 1. The lowest BCUT2D eigenvalue weighted by Crippen LogP contribution is -2.47. The zero-order valence-corrected chi connectivity index (χ0v) is 13.0. The largest absolute Gasteiger partial charge is 0.322 e. The molecule has 1 aromatic heterocycles. The Balaban J connectivity index is 1.87. The molecule has 1 aromatic rings. The lowest BCUT2D eigenvalue weighted by Gasteiger charge is -2.25. The van der Waals surface area contributed by atoms with Crippen LogP contribution in [0.3, 0.4) is 0 Å². The third-order valence-electron chi connectivity index (χ3n) is 4.09. The molecule has 0 saturated carbocycles. The maximum absolute atomic E-state index is 12.5. The highest BCUT2D eigenvalue weighted by Crippen LogP contribution is 2.37. The number of nitrogens with one attached hydrogen (secondary N) is 1. The van der Waals surface area contributed by atoms with Gasteiger partial charge < -0.3 is 4.90 Å². The fourth-order valence-corrected chi connectivity index (χ4v) is 4.12. The zero-order valence-electron chi connectivity index (χ0n) is 12.1. The van der Waals surface area contributed by atoms with Gasteiger partial charge in [-0.3, -0.25) is 19.7 Å². The van der Waals surface area contributed by atoms with Crippen LogP contribution in [0.5, 0.6) is 0 Å². The van der Waals surface area contributed by atoms with Crippen molar-refractivity contribution < 1.29 is 14.4 Å². The first kappa shape index (κ1) is 14.3. The van der Waals surface area contributed by atoms with Crippen molar-refractivity contribution in [1.29, 1.82) is 0 Å². The number of nitrogens with zero attached hydrogens (tertiary/aromatic N) is 1. The molecule has 0 spiro atoms. The molecule has 2 aliphatic heterocycles. The molecule has 1 atom stereocenters. The Morgan fingerprint density at radius 3 is 2.81 bits per heavy atom. The number of hydrogen-bond donors (Lipinski definition) is 1. The van der Waals surface area contributed by atoms with E-state index in [0.717, 1.165) is 11.1 Å². The molecule has 0 aliphatic carbocycles. The Morgan fingerprint density at radius 1 is 1.33 bits per heavy atom. The standard InChI is InChI=1S/C15H18N2O3S/c1-8(2)13-9-6-17(15(20)10(9)7-21-13)11-4-3-5-12(18)16-14(11)19/h7-8,11H,3-6H2,1-2H3,(H,16,18,19)/t11-/m0/s1. The van der Waals surface area contributed by atoms with E-state index in [4.69, 9.17) is 0 Å². The molecule has 112 valence electrons. The molecule has 3 rings (SSSR count). The number of carbonyl (C=O) groups excluding carboxylic acids is 3. The first-order valence-electron chi connectivity index (χ1n) is 7.24. The summed E-state index contributed by atoms with van der Waals surface area (Å²) >= 11 is 1.62. The van der Waals surface area contributed by atoms with Crippen LogP contribution in [0, 0.1) is 0 Å². The van der Waals surface area contributed by atoms with Crippen molar-refractivity contribution in [3.05, 3.63) is 21.4 Å². The average molecular weight is 306 g/mol. The molecule has 3 heterocycles. The number of amides is 3. The van der Waals surface area contributed by atoms with Gasteiger partial charge in [-0.2, -0.15) is 0 Å². The fraction of sp³-hybridized carbons (Fsp3) is 0.533. The van der Waals surface area contributed by atoms with E-state index in [1.807, 2.05) is 5.38 Å². The number of carbonyl (C=O) groups is 3. The van der Waals surface area contributed by atoms with Crippen LogP contribution in [0.2, 0.25) is 0 Å². The summed E-state index contributed by atoms with van der Waals surface area (Å²) in [6.45, 7) is 4.70. The normalized spacial score (nSPS) is 22.5. The average Bonchev–Trinajstić information content (AvgIpc) is 2.90. The van der Waals surface area contributed by atoms with Gasteiger partial charge in [-0.1, -0.05) is 13.8 Å². The van der Waals surface area contributed by atoms with Gasteiger partial charge in [-0.05, 0) is 24.3 Å². The van der Waals surface area contributed by atoms with Gasteiger partial charge in [0, 0.05) is 23.2 Å². The van der Waals surface area contributed by atoms with E-state index in [2.05, 4.69) is 19.2 Å². The monoisotopic (exact) mass is 306 g/mol. The van der Waals surface area contributed by atoms with Crippen molar-refractivity contribution in [3.8, 4) is 0 Å². The van der Waals surface area contributed by atoms with Crippen LogP contribution < -0.4 is 5.32 Å². The molecule has 0 aromatic carbocycles. The number of thiophene rings is 1. The van der Waals surface area contributed by atoms with Crippen LogP contribution in [0.1, 0.15) is 59.8 Å². The minimum absolute atomic E-state index is 0.0809. The number of rotatable bonds is 2. The fourth-order valence-electron chi connectivity index (χ4n) is 3.04. The smallest absolute Gasteiger partial charge is 0.256 e. The summed E-state index contributed by atoms with van der Waals surface area (Å²) in [5.74, 6) is -0.296. The van der Waals surface area contributed by atoms with Gasteiger partial charge in [0.15, 0.2) is 0 Å². The summed E-state index contributed by atoms with van der Waals surface area (Å²) in [6.07, 6.45) is 1.53. The molecule has 1 fully saturated rings. The van der Waals surface area contributed by atoms with Crippen LogP contribution in [0.15, 0.2) is 5.38 Å². The summed E-state index contributed by atoms with van der Waals surface area (Å²) in [4.78, 5) is 38.9. The van der Waals surface area contributed by atoms with Crippen molar-refractivity contribution in [2.45, 2.75) is 51.6 Å². The minimum atomic E-state index is -0.527. The Labute approximate surface area is 127 Å². The number of imide groups is 1. The summed E-state index contributed by atoms with van der Waals surface area (Å²) < 4.78 is 0. The summed E-state index contributed by atoms with van der Waals surface area (Å²) in [6, 6.07) is -0.527. The van der Waals surface area contributed by atoms with Gasteiger partial charge in [0.05, 0.1) is 5.56 Å². The molecule has 5 nitrogen and oxygen atoms in total. The molecule has 1 N–H and O–H groups in total. The van der Waals surface area contributed by atoms with E-state index in [1.165, 1.54) is 4.88 Å². The molecule has 0 unspecified atom stereocenters. The van der Waals surface area contributed by atoms with Crippen LogP contribution >= 0.6 is 11.3 Å². The quantitative estimate of drug-likeness (QED) is 0.850. The Morgan fingerprint density at radius 2 is 2.10 bits per heavy atom. The third-order valence-corrected chi connectivity index (χ3v) is 5.42. The predicted octanol–water partition coefficient (Wildman–Crippen LogP) is 2.02. The summed E-state index contributed by atoms with van der Waals surface area (Å²) in [5, 5.41) is 4.27. The molecule has 1 saturated heterocycles. The second-order valence-corrected chi connectivity index (χ2v) is 6.81. The summed E-state index contributed by atoms with van der Waals surface area (Å²) in [5.41, 5.74) is 1.79. The second-order valence-electron chi connectivity index (χ2n) is 5.90. The molecule has 21 heavy (non-hydrogen) atoms. The van der Waals surface area contributed by atoms with Gasteiger partial charge >= 0.3 is 0 Å². The van der Waals surface area contributed by atoms with Crippen molar-refractivity contribution in [1.82, 2.24) is 10.2 Å². The maximum atomic E-state index is 12.5. The molecular weight excluding hydrogens is 288 g/mol. The summed E-state index contributed by atoms with van der Waals surface area (Å²) in [7, 11) is 0. The first-order valence-corrected chi connectivity index (χ1v) is 8.12. The minimum Gasteiger partial charge on any atom is -0.322 e. The van der Waals surface area contributed by atoms with Gasteiger partial charge in [0.2, 0.25) is 11.8 Å². The van der Waals surface area contributed by atoms with E-state index >= 15 is 0 Å². The lowest BCUT2D eigenvalue weighted by atomic mass is 10.1. The van der Waals surface area contributed by atoms with Crippen LogP contribution in [-0.4, -0.2) is 28.7 Å². The van der Waals surface area contributed by atoms with Gasteiger partial charge in [0.25, 0.3) is 5.91 Å². The van der Waals surface area contributed by atoms with Crippen molar-refractivity contribution in [3.63, 3.8) is 0 Å². The third kappa shape index (κ3) is 2.37. The molecule has 0 radical (unpaired) electrons. The van der Waals surface area contributed by atoms with E-state index in [0.29, 0.717) is 31.7 Å². The van der Waals surface area contributed by atoms with Gasteiger partial charge in [0.1, 0.15) is 6.04 Å².